The predicted octanol–water partition coefficient (Wildman–Crippen LogP) is 2.38. The first kappa shape index (κ1) is 14.8. The Morgan fingerprint density at radius 3 is 2.85 bits per heavy atom. The molecule has 20 heavy (non-hydrogen) atoms. The van der Waals surface area contributed by atoms with Crippen LogP contribution < -0.4 is 10.6 Å². The molecule has 2 rings (SSSR count). The minimum absolute atomic E-state index is 0.0199. The van der Waals surface area contributed by atoms with E-state index in [1.165, 1.54) is 28.7 Å². The number of rotatable bonds is 7. The van der Waals surface area contributed by atoms with E-state index in [1.807, 2.05) is 25.1 Å². The summed E-state index contributed by atoms with van der Waals surface area (Å²) in [6.45, 7) is 3.27. The van der Waals surface area contributed by atoms with Crippen LogP contribution in [0.1, 0.15) is 12.5 Å². The van der Waals surface area contributed by atoms with Gasteiger partial charge in [-0.15, -0.1) is 10.2 Å². The molecule has 2 aromatic rings. The van der Waals surface area contributed by atoms with Gasteiger partial charge in [0.05, 0.1) is 5.75 Å². The molecule has 0 saturated carbocycles. The predicted molar refractivity (Wildman–Crippen MR) is 83.1 cm³/mol. The Balaban J connectivity index is 1.79. The molecule has 0 saturated heterocycles. The summed E-state index contributed by atoms with van der Waals surface area (Å²) in [5, 5.41) is 14.9. The van der Waals surface area contributed by atoms with Crippen molar-refractivity contribution in [2.75, 3.05) is 17.6 Å². The maximum Gasteiger partial charge on any atom is 0.230 e. The fourth-order valence-electron chi connectivity index (χ4n) is 1.49. The van der Waals surface area contributed by atoms with E-state index in [0.29, 0.717) is 12.3 Å². The summed E-state index contributed by atoms with van der Waals surface area (Å²) >= 11 is 2.87. The van der Waals surface area contributed by atoms with Crippen LogP contribution in [0.15, 0.2) is 34.7 Å². The highest BCUT2D eigenvalue weighted by Crippen LogP contribution is 2.25. The van der Waals surface area contributed by atoms with Crippen molar-refractivity contribution in [1.82, 2.24) is 15.5 Å². The molecule has 0 spiro atoms. The number of aromatic nitrogens is 2. The molecule has 0 aliphatic carbocycles. The van der Waals surface area contributed by atoms with Gasteiger partial charge in [-0.2, -0.15) is 0 Å². The number of anilines is 1. The average Bonchev–Trinajstić information content (AvgIpc) is 2.92. The van der Waals surface area contributed by atoms with Crippen LogP contribution in [0.2, 0.25) is 0 Å². The zero-order chi connectivity index (χ0) is 14.2. The van der Waals surface area contributed by atoms with Crippen LogP contribution >= 0.6 is 23.1 Å². The Morgan fingerprint density at radius 1 is 1.30 bits per heavy atom. The minimum Gasteiger partial charge on any atom is -0.356 e. The summed E-state index contributed by atoms with van der Waals surface area (Å²) in [6, 6.07) is 10.1. The van der Waals surface area contributed by atoms with Crippen molar-refractivity contribution in [2.45, 2.75) is 17.8 Å². The maximum atomic E-state index is 11.3. The molecule has 0 radical (unpaired) electrons. The highest BCUT2D eigenvalue weighted by Gasteiger charge is 2.07. The van der Waals surface area contributed by atoms with Crippen molar-refractivity contribution >= 4 is 34.1 Å². The molecule has 1 heterocycles. The van der Waals surface area contributed by atoms with Gasteiger partial charge in [-0.05, 0) is 12.5 Å². The van der Waals surface area contributed by atoms with E-state index in [9.17, 15) is 4.79 Å². The quantitative estimate of drug-likeness (QED) is 0.769. The van der Waals surface area contributed by atoms with Crippen LogP contribution in [-0.2, 0) is 11.3 Å². The topological polar surface area (TPSA) is 66.9 Å². The normalized spacial score (nSPS) is 10.2. The van der Waals surface area contributed by atoms with Gasteiger partial charge in [0.1, 0.15) is 0 Å². The lowest BCUT2D eigenvalue weighted by Gasteiger charge is -2.01. The first-order chi connectivity index (χ1) is 9.78. The fraction of sp³-hybridized carbons (Fsp3) is 0.308. The van der Waals surface area contributed by atoms with Gasteiger partial charge in [0, 0.05) is 13.1 Å². The van der Waals surface area contributed by atoms with Crippen LogP contribution in [0.3, 0.4) is 0 Å². The summed E-state index contributed by atoms with van der Waals surface area (Å²) in [4.78, 5) is 11.3. The summed E-state index contributed by atoms with van der Waals surface area (Å²) in [5.41, 5.74) is 1.19. The smallest absolute Gasteiger partial charge is 0.230 e. The number of carbonyl (C=O) groups is 1. The second kappa shape index (κ2) is 7.86. The molecule has 1 aromatic carbocycles. The van der Waals surface area contributed by atoms with Gasteiger partial charge in [-0.3, -0.25) is 4.79 Å². The highest BCUT2D eigenvalue weighted by molar-refractivity contribution is 8.01. The first-order valence-corrected chi connectivity index (χ1v) is 8.09. The maximum absolute atomic E-state index is 11.3. The van der Waals surface area contributed by atoms with E-state index in [-0.39, 0.29) is 5.91 Å². The van der Waals surface area contributed by atoms with Gasteiger partial charge in [0.25, 0.3) is 0 Å². The number of hydrogen-bond donors (Lipinski definition) is 2. The number of nitrogens with one attached hydrogen (secondary N) is 2. The largest absolute Gasteiger partial charge is 0.356 e. The van der Waals surface area contributed by atoms with E-state index >= 15 is 0 Å². The third kappa shape index (κ3) is 4.82. The molecule has 5 nitrogen and oxygen atoms in total. The Hall–Kier alpha value is -1.60. The van der Waals surface area contributed by atoms with Crippen LogP contribution in [-0.4, -0.2) is 28.4 Å². The second-order valence-electron chi connectivity index (χ2n) is 3.95. The zero-order valence-corrected chi connectivity index (χ0v) is 12.8. The molecule has 2 N–H and O–H groups in total. The van der Waals surface area contributed by atoms with Crippen molar-refractivity contribution in [2.24, 2.45) is 0 Å². The fourth-order valence-corrected chi connectivity index (χ4v) is 3.07. The second-order valence-corrected chi connectivity index (χ2v) is 6.15. The molecule has 0 aliphatic rings. The standard InChI is InChI=1S/C13H16N4OS2/c1-2-14-11(18)9-19-13-17-16-12(20-13)15-8-10-6-4-3-5-7-10/h3-7H,2,8-9H2,1H3,(H,14,18)(H,15,16). The van der Waals surface area contributed by atoms with Crippen LogP contribution in [0.25, 0.3) is 0 Å². The number of nitrogens with zero attached hydrogens (tertiary/aromatic N) is 2. The lowest BCUT2D eigenvalue weighted by atomic mass is 10.2. The summed E-state index contributed by atoms with van der Waals surface area (Å²) in [5.74, 6) is 0.396. The molecule has 0 aliphatic heterocycles. The van der Waals surface area contributed by atoms with Gasteiger partial charge in [0.2, 0.25) is 11.0 Å². The summed E-state index contributed by atoms with van der Waals surface area (Å²) in [7, 11) is 0. The molecule has 0 bridgehead atoms. The van der Waals surface area contributed by atoms with Gasteiger partial charge >= 0.3 is 0 Å². The third-order valence-corrected chi connectivity index (χ3v) is 4.41. The number of benzene rings is 1. The molecule has 0 unspecified atom stereocenters. The average molecular weight is 308 g/mol. The minimum atomic E-state index is 0.0199. The molecular weight excluding hydrogens is 292 g/mol. The van der Waals surface area contributed by atoms with Crippen molar-refractivity contribution in [3.05, 3.63) is 35.9 Å². The number of carbonyl (C=O) groups excluding carboxylic acids is 1. The lowest BCUT2D eigenvalue weighted by molar-refractivity contribution is -0.118. The third-order valence-electron chi connectivity index (χ3n) is 2.39. The summed E-state index contributed by atoms with van der Waals surface area (Å²) in [6.07, 6.45) is 0. The number of thioether (sulfide) groups is 1. The van der Waals surface area contributed by atoms with Crippen molar-refractivity contribution in [1.29, 1.82) is 0 Å². The Morgan fingerprint density at radius 2 is 2.10 bits per heavy atom. The molecule has 0 atom stereocenters. The van der Waals surface area contributed by atoms with E-state index in [1.54, 1.807) is 0 Å². The van der Waals surface area contributed by atoms with Crippen molar-refractivity contribution in [3.8, 4) is 0 Å². The van der Waals surface area contributed by atoms with Gasteiger partial charge in [-0.25, -0.2) is 0 Å². The Bertz CT molecular complexity index is 544. The van der Waals surface area contributed by atoms with Gasteiger partial charge in [0.15, 0.2) is 4.34 Å². The van der Waals surface area contributed by atoms with E-state index in [0.717, 1.165) is 16.0 Å². The lowest BCUT2D eigenvalue weighted by Crippen LogP contribution is -2.24. The molecule has 0 fully saturated rings. The van der Waals surface area contributed by atoms with Crippen molar-refractivity contribution < 1.29 is 4.79 Å². The van der Waals surface area contributed by atoms with Gasteiger partial charge in [-0.1, -0.05) is 53.4 Å². The molecule has 1 amide bonds. The van der Waals surface area contributed by atoms with Crippen LogP contribution in [0.4, 0.5) is 5.13 Å². The number of amides is 1. The highest BCUT2D eigenvalue weighted by atomic mass is 32.2. The van der Waals surface area contributed by atoms with Crippen LogP contribution in [0.5, 0.6) is 0 Å². The Labute approximate surface area is 126 Å². The zero-order valence-electron chi connectivity index (χ0n) is 11.1. The number of hydrogen-bond acceptors (Lipinski definition) is 6. The van der Waals surface area contributed by atoms with Crippen molar-refractivity contribution in [3.63, 3.8) is 0 Å². The van der Waals surface area contributed by atoms with Gasteiger partial charge < -0.3 is 10.6 Å². The molecular formula is C13H16N4OS2. The SMILES string of the molecule is CCNC(=O)CSc1nnc(NCc2ccccc2)s1. The van der Waals surface area contributed by atoms with E-state index in [2.05, 4.69) is 33.0 Å². The van der Waals surface area contributed by atoms with E-state index in [4.69, 9.17) is 0 Å². The monoisotopic (exact) mass is 308 g/mol. The molecule has 1 aromatic heterocycles. The first-order valence-electron chi connectivity index (χ1n) is 6.28. The molecule has 106 valence electrons. The van der Waals surface area contributed by atoms with E-state index < -0.39 is 0 Å². The summed E-state index contributed by atoms with van der Waals surface area (Å²) < 4.78 is 0.798. The molecule has 7 heteroatoms. The van der Waals surface area contributed by atoms with Crippen LogP contribution in [0, 0.1) is 0 Å². The Kier molecular flexibility index (Phi) is 5.82.